The van der Waals surface area contributed by atoms with Crippen molar-refractivity contribution in [1.29, 1.82) is 0 Å². The minimum atomic E-state index is 0.505. The van der Waals surface area contributed by atoms with Crippen LogP contribution >= 0.6 is 11.6 Å². The lowest BCUT2D eigenvalue weighted by Gasteiger charge is -2.12. The first-order chi connectivity index (χ1) is 8.24. The monoisotopic (exact) mass is 253 g/mol. The maximum absolute atomic E-state index is 5.62. The molecule has 0 saturated carbocycles. The van der Waals surface area contributed by atoms with E-state index >= 15 is 0 Å². The molecule has 0 amide bonds. The molecule has 0 fully saturated rings. The molecule has 1 N–H and O–H groups in total. The standard InChI is InChI=1S/C14H20ClNO/c1-12(2)10-16-11-13-6-3-4-7-14(13)17-9-5-8-15/h3-8,12,16H,9-11H2,1-2H3. The Morgan fingerprint density at radius 2 is 2.12 bits per heavy atom. The van der Waals surface area contributed by atoms with E-state index in [9.17, 15) is 0 Å². The molecule has 0 bridgehead atoms. The molecule has 0 atom stereocenters. The maximum atomic E-state index is 5.62. The Hall–Kier alpha value is -0.990. The first-order valence-electron chi connectivity index (χ1n) is 5.90. The second-order valence-corrected chi connectivity index (χ2v) is 4.56. The minimum absolute atomic E-state index is 0.505. The molecule has 0 aliphatic carbocycles. The lowest BCUT2D eigenvalue weighted by atomic mass is 10.2. The third-order valence-electron chi connectivity index (χ3n) is 2.26. The summed E-state index contributed by atoms with van der Waals surface area (Å²) >= 11 is 5.45. The van der Waals surface area contributed by atoms with E-state index in [2.05, 4.69) is 25.2 Å². The Kier molecular flexibility index (Phi) is 6.75. The van der Waals surface area contributed by atoms with Gasteiger partial charge in [0.05, 0.1) is 0 Å². The summed E-state index contributed by atoms with van der Waals surface area (Å²) in [6.45, 7) is 6.74. The van der Waals surface area contributed by atoms with E-state index in [1.165, 1.54) is 11.1 Å². The summed E-state index contributed by atoms with van der Waals surface area (Å²) in [6, 6.07) is 8.06. The Morgan fingerprint density at radius 1 is 1.35 bits per heavy atom. The zero-order valence-corrected chi connectivity index (χ0v) is 11.2. The quantitative estimate of drug-likeness (QED) is 0.802. The van der Waals surface area contributed by atoms with Crippen LogP contribution in [0.3, 0.4) is 0 Å². The van der Waals surface area contributed by atoms with Crippen LogP contribution in [0.5, 0.6) is 5.75 Å². The van der Waals surface area contributed by atoms with E-state index in [0.29, 0.717) is 12.5 Å². The first-order valence-corrected chi connectivity index (χ1v) is 6.34. The van der Waals surface area contributed by atoms with Crippen LogP contribution in [-0.2, 0) is 6.54 Å². The van der Waals surface area contributed by atoms with E-state index in [1.807, 2.05) is 18.2 Å². The topological polar surface area (TPSA) is 21.3 Å². The largest absolute Gasteiger partial charge is 0.489 e. The predicted octanol–water partition coefficient (Wildman–Crippen LogP) is 3.56. The Bertz CT molecular complexity index is 350. The summed E-state index contributed by atoms with van der Waals surface area (Å²) in [7, 11) is 0. The fourth-order valence-electron chi connectivity index (χ4n) is 1.46. The lowest BCUT2D eigenvalue weighted by molar-refractivity contribution is 0.357. The number of rotatable bonds is 7. The van der Waals surface area contributed by atoms with Gasteiger partial charge in [-0.05, 0) is 24.6 Å². The summed E-state index contributed by atoms with van der Waals surface area (Å²) < 4.78 is 5.62. The summed E-state index contributed by atoms with van der Waals surface area (Å²) in [5, 5.41) is 3.41. The van der Waals surface area contributed by atoms with E-state index in [1.54, 1.807) is 6.08 Å². The molecule has 0 unspecified atom stereocenters. The fourth-order valence-corrected chi connectivity index (χ4v) is 1.53. The molecule has 0 aromatic heterocycles. The molecule has 17 heavy (non-hydrogen) atoms. The SMILES string of the molecule is CC(C)CNCc1ccccc1OCC=CCl. The second-order valence-electron chi connectivity index (χ2n) is 4.31. The van der Waals surface area contributed by atoms with Gasteiger partial charge in [-0.25, -0.2) is 0 Å². The van der Waals surface area contributed by atoms with Gasteiger partial charge < -0.3 is 10.1 Å². The number of halogens is 1. The van der Waals surface area contributed by atoms with E-state index in [4.69, 9.17) is 16.3 Å². The maximum Gasteiger partial charge on any atom is 0.124 e. The van der Waals surface area contributed by atoms with Crippen LogP contribution in [0.1, 0.15) is 19.4 Å². The van der Waals surface area contributed by atoms with Crippen molar-refractivity contribution < 1.29 is 4.74 Å². The highest BCUT2D eigenvalue weighted by molar-refractivity contribution is 6.25. The van der Waals surface area contributed by atoms with E-state index in [-0.39, 0.29) is 0 Å². The van der Waals surface area contributed by atoms with Gasteiger partial charge >= 0.3 is 0 Å². The second kappa shape index (κ2) is 8.15. The van der Waals surface area contributed by atoms with E-state index in [0.717, 1.165) is 18.8 Å². The van der Waals surface area contributed by atoms with Crippen molar-refractivity contribution >= 4 is 11.6 Å². The predicted molar refractivity (Wildman–Crippen MR) is 73.5 cm³/mol. The molecule has 0 heterocycles. The van der Waals surface area contributed by atoms with Crippen molar-refractivity contribution in [2.45, 2.75) is 20.4 Å². The van der Waals surface area contributed by atoms with Crippen molar-refractivity contribution in [1.82, 2.24) is 5.32 Å². The lowest BCUT2D eigenvalue weighted by Crippen LogP contribution is -2.19. The normalized spacial score (nSPS) is 11.3. The molecule has 0 saturated heterocycles. The third-order valence-corrected chi connectivity index (χ3v) is 2.44. The number of hydrogen-bond donors (Lipinski definition) is 1. The molecule has 94 valence electrons. The Morgan fingerprint density at radius 3 is 2.82 bits per heavy atom. The molecule has 0 aliphatic heterocycles. The summed E-state index contributed by atoms with van der Waals surface area (Å²) in [4.78, 5) is 0. The number of para-hydroxylation sites is 1. The molecule has 0 radical (unpaired) electrons. The summed E-state index contributed by atoms with van der Waals surface area (Å²) in [5.74, 6) is 1.57. The Labute approximate surface area is 109 Å². The third kappa shape index (κ3) is 5.76. The van der Waals surface area contributed by atoms with E-state index < -0.39 is 0 Å². The van der Waals surface area contributed by atoms with Crippen LogP contribution < -0.4 is 10.1 Å². The van der Waals surface area contributed by atoms with Crippen molar-refractivity contribution in [2.75, 3.05) is 13.2 Å². The smallest absolute Gasteiger partial charge is 0.124 e. The van der Waals surface area contributed by atoms with Gasteiger partial charge in [-0.2, -0.15) is 0 Å². The van der Waals surface area contributed by atoms with Crippen LogP contribution in [0.15, 0.2) is 35.9 Å². The van der Waals surface area contributed by atoms with Gasteiger partial charge in [0.1, 0.15) is 12.4 Å². The first kappa shape index (κ1) is 14.1. The van der Waals surface area contributed by atoms with Crippen LogP contribution in [-0.4, -0.2) is 13.2 Å². The molecular weight excluding hydrogens is 234 g/mol. The minimum Gasteiger partial charge on any atom is -0.489 e. The van der Waals surface area contributed by atoms with Gasteiger partial charge in [0, 0.05) is 17.6 Å². The zero-order valence-electron chi connectivity index (χ0n) is 10.4. The Balaban J connectivity index is 2.51. The van der Waals surface area contributed by atoms with Crippen molar-refractivity contribution in [3.05, 3.63) is 41.4 Å². The number of benzene rings is 1. The number of hydrogen-bond acceptors (Lipinski definition) is 2. The molecule has 0 spiro atoms. The number of ether oxygens (including phenoxy) is 1. The van der Waals surface area contributed by atoms with Gasteiger partial charge in [-0.15, -0.1) is 0 Å². The van der Waals surface area contributed by atoms with Gasteiger partial charge in [-0.3, -0.25) is 0 Å². The molecule has 0 aliphatic rings. The van der Waals surface area contributed by atoms with Crippen LogP contribution in [0.2, 0.25) is 0 Å². The van der Waals surface area contributed by atoms with Crippen LogP contribution in [0, 0.1) is 5.92 Å². The molecule has 1 aromatic rings. The zero-order chi connectivity index (χ0) is 12.5. The van der Waals surface area contributed by atoms with Gasteiger partial charge in [0.25, 0.3) is 0 Å². The van der Waals surface area contributed by atoms with Gasteiger partial charge in [0.15, 0.2) is 0 Å². The molecule has 3 heteroatoms. The fraction of sp³-hybridized carbons (Fsp3) is 0.429. The highest BCUT2D eigenvalue weighted by Gasteiger charge is 2.02. The summed E-state index contributed by atoms with van der Waals surface area (Å²) in [6.07, 6.45) is 1.78. The van der Waals surface area contributed by atoms with Crippen molar-refractivity contribution in [3.8, 4) is 5.75 Å². The van der Waals surface area contributed by atoms with Gasteiger partial charge in [0.2, 0.25) is 0 Å². The highest BCUT2D eigenvalue weighted by Crippen LogP contribution is 2.17. The summed E-state index contributed by atoms with van der Waals surface area (Å²) in [5.41, 5.74) is 2.65. The van der Waals surface area contributed by atoms with Crippen LogP contribution in [0.4, 0.5) is 0 Å². The molecule has 1 aromatic carbocycles. The average Bonchev–Trinajstić information content (AvgIpc) is 2.31. The van der Waals surface area contributed by atoms with Gasteiger partial charge in [-0.1, -0.05) is 43.6 Å². The molecular formula is C14H20ClNO. The molecule has 2 nitrogen and oxygen atoms in total. The average molecular weight is 254 g/mol. The number of nitrogens with one attached hydrogen (secondary N) is 1. The van der Waals surface area contributed by atoms with Crippen LogP contribution in [0.25, 0.3) is 0 Å². The highest BCUT2D eigenvalue weighted by atomic mass is 35.5. The van der Waals surface area contributed by atoms with Crippen molar-refractivity contribution in [3.63, 3.8) is 0 Å². The molecule has 1 rings (SSSR count). The van der Waals surface area contributed by atoms with Crippen molar-refractivity contribution in [2.24, 2.45) is 5.92 Å².